The van der Waals surface area contributed by atoms with Gasteiger partial charge >= 0.3 is 0 Å². The van der Waals surface area contributed by atoms with E-state index in [4.69, 9.17) is 4.74 Å². The summed E-state index contributed by atoms with van der Waals surface area (Å²) in [5, 5.41) is 3.41. The largest absolute Gasteiger partial charge is 0.497 e. The molecule has 0 aromatic heterocycles. The monoisotopic (exact) mass is 262 g/mol. The molecule has 2 rings (SSSR count). The van der Waals surface area contributed by atoms with Crippen LogP contribution in [0.1, 0.15) is 24.9 Å². The van der Waals surface area contributed by atoms with Crippen molar-refractivity contribution in [3.8, 4) is 5.75 Å². The van der Waals surface area contributed by atoms with Gasteiger partial charge in [0.1, 0.15) is 5.75 Å². The third kappa shape index (κ3) is 3.95. The zero-order valence-corrected chi connectivity index (χ0v) is 12.5. The molecule has 1 aliphatic carbocycles. The highest BCUT2D eigenvalue weighted by Crippen LogP contribution is 2.38. The van der Waals surface area contributed by atoms with E-state index in [2.05, 4.69) is 36.3 Å². The van der Waals surface area contributed by atoms with Crippen LogP contribution in [0.3, 0.4) is 0 Å². The molecular formula is C16H26N2O. The van der Waals surface area contributed by atoms with E-state index < -0.39 is 0 Å². The van der Waals surface area contributed by atoms with Gasteiger partial charge in [0.2, 0.25) is 0 Å². The zero-order valence-electron chi connectivity index (χ0n) is 12.5. The molecule has 1 saturated carbocycles. The van der Waals surface area contributed by atoms with E-state index in [1.165, 1.54) is 18.5 Å². The molecule has 0 radical (unpaired) electrons. The van der Waals surface area contributed by atoms with E-state index in [1.807, 2.05) is 19.2 Å². The van der Waals surface area contributed by atoms with Gasteiger partial charge in [-0.05, 0) is 50.0 Å². The van der Waals surface area contributed by atoms with Crippen molar-refractivity contribution in [2.24, 2.45) is 11.8 Å². The Morgan fingerprint density at radius 3 is 2.47 bits per heavy atom. The Balaban J connectivity index is 1.90. The summed E-state index contributed by atoms with van der Waals surface area (Å²) in [6, 6.07) is 8.73. The minimum Gasteiger partial charge on any atom is -0.497 e. The smallest absolute Gasteiger partial charge is 0.118 e. The fourth-order valence-corrected chi connectivity index (χ4v) is 2.64. The first-order valence-corrected chi connectivity index (χ1v) is 7.13. The predicted octanol–water partition coefficient (Wildman–Crippen LogP) is 2.54. The number of hydrogen-bond donors (Lipinski definition) is 1. The number of benzene rings is 1. The highest BCUT2D eigenvalue weighted by molar-refractivity contribution is 5.29. The molecule has 1 aliphatic rings. The third-order valence-corrected chi connectivity index (χ3v) is 4.18. The molecule has 0 amide bonds. The van der Waals surface area contributed by atoms with E-state index in [1.54, 1.807) is 7.11 Å². The van der Waals surface area contributed by atoms with Crippen molar-refractivity contribution >= 4 is 0 Å². The maximum atomic E-state index is 5.21. The van der Waals surface area contributed by atoms with Crippen molar-refractivity contribution in [2.75, 3.05) is 34.3 Å². The van der Waals surface area contributed by atoms with Gasteiger partial charge in [0.25, 0.3) is 0 Å². The maximum absolute atomic E-state index is 5.21. The molecule has 0 saturated heterocycles. The van der Waals surface area contributed by atoms with Crippen molar-refractivity contribution < 1.29 is 4.74 Å². The van der Waals surface area contributed by atoms with Crippen LogP contribution in [-0.4, -0.2) is 39.2 Å². The Morgan fingerprint density at radius 1 is 1.37 bits per heavy atom. The summed E-state index contributed by atoms with van der Waals surface area (Å²) in [6.45, 7) is 4.61. The summed E-state index contributed by atoms with van der Waals surface area (Å²) in [7, 11) is 5.95. The summed E-state index contributed by atoms with van der Waals surface area (Å²) in [5.41, 5.74) is 1.32. The quantitative estimate of drug-likeness (QED) is 0.817. The van der Waals surface area contributed by atoms with Crippen LogP contribution in [0.4, 0.5) is 0 Å². The molecular weight excluding hydrogens is 236 g/mol. The van der Waals surface area contributed by atoms with Crippen LogP contribution in [0.15, 0.2) is 24.3 Å². The second-order valence-electron chi connectivity index (χ2n) is 5.81. The van der Waals surface area contributed by atoms with E-state index in [-0.39, 0.29) is 0 Å². The Hall–Kier alpha value is -1.06. The summed E-state index contributed by atoms with van der Waals surface area (Å²) in [4.78, 5) is 2.44. The molecule has 19 heavy (non-hydrogen) atoms. The highest BCUT2D eigenvalue weighted by Gasteiger charge is 2.33. The van der Waals surface area contributed by atoms with Crippen molar-refractivity contribution in [1.29, 1.82) is 0 Å². The molecule has 3 heteroatoms. The van der Waals surface area contributed by atoms with Gasteiger partial charge in [-0.25, -0.2) is 0 Å². The number of rotatable bonds is 7. The van der Waals surface area contributed by atoms with E-state index >= 15 is 0 Å². The lowest BCUT2D eigenvalue weighted by molar-refractivity contribution is 0.282. The molecule has 3 atom stereocenters. The van der Waals surface area contributed by atoms with Crippen molar-refractivity contribution in [1.82, 2.24) is 10.2 Å². The van der Waals surface area contributed by atoms with E-state index in [0.29, 0.717) is 6.04 Å². The zero-order chi connectivity index (χ0) is 13.8. The van der Waals surface area contributed by atoms with Crippen LogP contribution in [0.25, 0.3) is 0 Å². The van der Waals surface area contributed by atoms with Gasteiger partial charge in [-0.15, -0.1) is 0 Å². The molecule has 1 fully saturated rings. The van der Waals surface area contributed by atoms with E-state index in [9.17, 15) is 0 Å². The van der Waals surface area contributed by atoms with Crippen LogP contribution >= 0.6 is 0 Å². The van der Waals surface area contributed by atoms with Gasteiger partial charge in [0.15, 0.2) is 0 Å². The minimum absolute atomic E-state index is 0.380. The van der Waals surface area contributed by atoms with Crippen LogP contribution in [0, 0.1) is 11.8 Å². The topological polar surface area (TPSA) is 24.5 Å². The number of methoxy groups -OCH3 is 1. The van der Waals surface area contributed by atoms with Crippen LogP contribution in [-0.2, 0) is 0 Å². The first kappa shape index (κ1) is 14.4. The lowest BCUT2D eigenvalue weighted by Gasteiger charge is -2.24. The fourth-order valence-electron chi connectivity index (χ4n) is 2.64. The van der Waals surface area contributed by atoms with Crippen molar-refractivity contribution in [3.05, 3.63) is 29.8 Å². The van der Waals surface area contributed by atoms with Crippen LogP contribution in [0.2, 0.25) is 0 Å². The lowest BCUT2D eigenvalue weighted by atomic mass is 10.1. The number of likely N-dealkylation sites (N-methyl/N-ethyl adjacent to an activating group) is 2. The summed E-state index contributed by atoms with van der Waals surface area (Å²) >= 11 is 0. The normalized spacial score (nSPS) is 23.4. The molecule has 1 N–H and O–H groups in total. The molecule has 0 bridgehead atoms. The van der Waals surface area contributed by atoms with Gasteiger partial charge in [0, 0.05) is 19.1 Å². The first-order chi connectivity index (χ1) is 9.13. The Morgan fingerprint density at radius 2 is 2.00 bits per heavy atom. The average molecular weight is 262 g/mol. The molecule has 1 aromatic rings. The number of nitrogens with zero attached hydrogens (tertiary/aromatic N) is 1. The second kappa shape index (κ2) is 6.40. The van der Waals surface area contributed by atoms with Gasteiger partial charge in [-0.2, -0.15) is 0 Å². The predicted molar refractivity (Wildman–Crippen MR) is 79.6 cm³/mol. The van der Waals surface area contributed by atoms with Gasteiger partial charge < -0.3 is 15.0 Å². The summed E-state index contributed by atoms with van der Waals surface area (Å²) < 4.78 is 5.21. The molecule has 1 aromatic carbocycles. The molecule has 106 valence electrons. The number of ether oxygens (including phenoxy) is 1. The second-order valence-corrected chi connectivity index (χ2v) is 5.81. The average Bonchev–Trinajstić information content (AvgIpc) is 3.11. The van der Waals surface area contributed by atoms with Crippen molar-refractivity contribution in [3.63, 3.8) is 0 Å². The first-order valence-electron chi connectivity index (χ1n) is 7.13. The minimum atomic E-state index is 0.380. The number of nitrogens with one attached hydrogen (secondary N) is 1. The molecule has 0 spiro atoms. The Bertz CT molecular complexity index is 390. The Labute approximate surface area is 116 Å². The molecule has 0 heterocycles. The van der Waals surface area contributed by atoms with Crippen molar-refractivity contribution in [2.45, 2.75) is 19.4 Å². The number of hydrogen-bond acceptors (Lipinski definition) is 3. The lowest BCUT2D eigenvalue weighted by Crippen LogP contribution is -2.32. The van der Waals surface area contributed by atoms with Gasteiger partial charge in [0.05, 0.1) is 7.11 Å². The fraction of sp³-hybridized carbons (Fsp3) is 0.625. The van der Waals surface area contributed by atoms with Crippen LogP contribution in [0.5, 0.6) is 5.75 Å². The van der Waals surface area contributed by atoms with Crippen LogP contribution < -0.4 is 10.1 Å². The van der Waals surface area contributed by atoms with E-state index in [0.717, 1.165) is 24.1 Å². The molecule has 3 nitrogen and oxygen atoms in total. The maximum Gasteiger partial charge on any atom is 0.118 e. The SMILES string of the molecule is CNC(CN(C)CC1CC1C)c1ccc(OC)cc1. The summed E-state index contributed by atoms with van der Waals surface area (Å²) in [6.07, 6.45) is 1.40. The third-order valence-electron chi connectivity index (χ3n) is 4.18. The highest BCUT2D eigenvalue weighted by atomic mass is 16.5. The summed E-state index contributed by atoms with van der Waals surface area (Å²) in [5.74, 6) is 2.76. The standard InChI is InChI=1S/C16H26N2O/c1-12-9-14(12)10-18(3)11-16(17-2)13-5-7-15(19-4)8-6-13/h5-8,12,14,16-17H,9-11H2,1-4H3. The van der Waals surface area contributed by atoms with Gasteiger partial charge in [-0.1, -0.05) is 19.1 Å². The van der Waals surface area contributed by atoms with Gasteiger partial charge in [-0.3, -0.25) is 0 Å². The Kier molecular flexibility index (Phi) is 4.83. The molecule has 0 aliphatic heterocycles. The molecule has 3 unspecified atom stereocenters.